The Hall–Kier alpha value is -0.830. The van der Waals surface area contributed by atoms with E-state index in [0.717, 1.165) is 0 Å². The monoisotopic (exact) mass is 199 g/mol. The van der Waals surface area contributed by atoms with Gasteiger partial charge in [-0.15, -0.1) is 0 Å². The van der Waals surface area contributed by atoms with Gasteiger partial charge >= 0.3 is 11.9 Å². The van der Waals surface area contributed by atoms with E-state index >= 15 is 0 Å². The molecule has 0 heterocycles. The maximum atomic E-state index is 9.88. The average Bonchev–Trinajstić information content (AvgIpc) is 1.87. The highest BCUT2D eigenvalue weighted by Gasteiger charge is 2.23. The van der Waals surface area contributed by atoms with Gasteiger partial charge in [0.1, 0.15) is 0 Å². The summed E-state index contributed by atoms with van der Waals surface area (Å²) in [5.41, 5.74) is -3.83. The fraction of sp³-hybridized carbons (Fsp3) is 0.500. The first kappa shape index (κ1) is 13.7. The Morgan fingerprint density at radius 2 is 1.25 bits per heavy atom. The molecule has 7 nitrogen and oxygen atoms in total. The second-order valence-electron chi connectivity index (χ2n) is 1.52. The number of carboxylic acids is 2. The summed E-state index contributed by atoms with van der Waals surface area (Å²) in [5, 5.41) is 33.0. The number of carboxylic acid groups (broad SMARTS) is 2. The number of aliphatic carboxylic acids is 2. The van der Waals surface area contributed by atoms with Gasteiger partial charge in [0, 0.05) is 0 Å². The fourth-order valence-electron chi connectivity index (χ4n) is 0.239. The molecule has 0 aliphatic carbocycles. The van der Waals surface area contributed by atoms with Crippen LogP contribution in [0.2, 0.25) is 0 Å². The molecule has 0 amide bonds. The molecule has 7 N–H and O–H groups in total. The van der Waals surface area contributed by atoms with Crippen LogP contribution in [0, 0.1) is 0 Å². The van der Waals surface area contributed by atoms with Gasteiger partial charge in [-0.3, -0.25) is 0 Å². The van der Waals surface area contributed by atoms with Crippen molar-refractivity contribution in [3.8, 4) is 0 Å². The van der Waals surface area contributed by atoms with Gasteiger partial charge in [0.15, 0.2) is 0 Å². The third kappa shape index (κ3) is 4.91. The van der Waals surface area contributed by atoms with E-state index in [1.807, 2.05) is 0 Å². The zero-order valence-corrected chi connectivity index (χ0v) is 6.69. The molecule has 0 saturated heterocycles. The van der Waals surface area contributed by atoms with Crippen molar-refractivity contribution in [2.24, 2.45) is 0 Å². The average molecular weight is 199 g/mol. The van der Waals surface area contributed by atoms with Gasteiger partial charge in [-0.05, 0) is 0 Å². The first-order chi connectivity index (χ1) is 4.95. The van der Waals surface area contributed by atoms with Gasteiger partial charge < -0.3 is 26.6 Å². The summed E-state index contributed by atoms with van der Waals surface area (Å²) >= 11 is 0.0278. The maximum Gasteiger partial charge on any atom is 0.343 e. The molecule has 0 fully saturated rings. The fourth-order valence-corrected chi connectivity index (χ4v) is 0.716. The zero-order chi connectivity index (χ0) is 9.02. The molecule has 0 rings (SSSR count). The predicted molar refractivity (Wildman–Crippen MR) is 39.9 cm³/mol. The smallest absolute Gasteiger partial charge is 0.343 e. The molecule has 2 atom stereocenters. The second kappa shape index (κ2) is 5.77. The lowest BCUT2D eigenvalue weighted by atomic mass is 10.7. The Bertz CT molecular complexity index is 155. The predicted octanol–water partition coefficient (Wildman–Crippen LogP) is -1.31. The number of rotatable bonds is 4. The molecule has 0 saturated carbocycles. The molecule has 0 aliphatic rings. The van der Waals surface area contributed by atoms with E-state index in [4.69, 9.17) is 20.4 Å². The van der Waals surface area contributed by atoms with E-state index in [1.165, 1.54) is 0 Å². The topological polar surface area (TPSA) is 150 Å². The summed E-state index contributed by atoms with van der Waals surface area (Å²) in [6.07, 6.45) is 0. The summed E-state index contributed by atoms with van der Waals surface area (Å²) < 4.78 is 0. The third-order valence-corrected chi connectivity index (χ3v) is 1.60. The molecule has 0 spiro atoms. The number of aliphatic hydroxyl groups excluding tert-OH is 2. The first-order valence-corrected chi connectivity index (χ1v) is 3.36. The van der Waals surface area contributed by atoms with Crippen LogP contribution >= 0.6 is 11.8 Å². The van der Waals surface area contributed by atoms with Crippen molar-refractivity contribution in [3.63, 3.8) is 0 Å². The van der Waals surface area contributed by atoms with E-state index in [2.05, 4.69) is 0 Å². The zero-order valence-electron chi connectivity index (χ0n) is 5.88. The van der Waals surface area contributed by atoms with Crippen LogP contribution in [0.5, 0.6) is 0 Å². The third-order valence-electron chi connectivity index (χ3n) is 0.680. The molecule has 0 aromatic heterocycles. The van der Waals surface area contributed by atoms with Gasteiger partial charge in [0.2, 0.25) is 10.9 Å². The van der Waals surface area contributed by atoms with Crippen LogP contribution in [-0.4, -0.2) is 43.2 Å². The van der Waals surface area contributed by atoms with Crippen LogP contribution in [0.4, 0.5) is 0 Å². The van der Waals surface area contributed by atoms with Crippen molar-refractivity contribution in [1.82, 2.24) is 6.15 Å². The largest absolute Gasteiger partial charge is 0.479 e. The highest BCUT2D eigenvalue weighted by atomic mass is 32.2. The molecule has 2 unspecified atom stereocenters. The van der Waals surface area contributed by atoms with Crippen molar-refractivity contribution < 1.29 is 30.0 Å². The Balaban J connectivity index is 0. The van der Waals surface area contributed by atoms with E-state index in [0.29, 0.717) is 0 Å². The SMILES string of the molecule is N.O=C(O)C(O)SC(O)C(=O)O. The Labute approximate surface area is 71.6 Å². The molecule has 0 aliphatic heterocycles. The minimum absolute atomic E-state index is 0. The standard InChI is InChI=1S/C4H6O6S.H3N/c5-1(6)3(9)11-4(10)2(7)8;/h3-4,9-10H,(H,5,6)(H,7,8);1H3. The molecular formula is C4H9NO6S. The Kier molecular flexibility index (Phi) is 6.61. The molecule has 72 valence electrons. The number of thioether (sulfide) groups is 1. The van der Waals surface area contributed by atoms with Crippen LogP contribution in [0.25, 0.3) is 0 Å². The molecule has 12 heavy (non-hydrogen) atoms. The van der Waals surface area contributed by atoms with Crippen LogP contribution in [0.3, 0.4) is 0 Å². The number of aliphatic hydroxyl groups is 2. The van der Waals surface area contributed by atoms with Crippen molar-refractivity contribution in [1.29, 1.82) is 0 Å². The van der Waals surface area contributed by atoms with E-state index in [1.54, 1.807) is 0 Å². The summed E-state index contributed by atoms with van der Waals surface area (Å²) in [6.45, 7) is 0. The number of hydrogen-bond donors (Lipinski definition) is 5. The molecule has 0 bridgehead atoms. The molecule has 8 heteroatoms. The summed E-state index contributed by atoms with van der Waals surface area (Å²) in [5.74, 6) is -3.18. The van der Waals surface area contributed by atoms with E-state index in [-0.39, 0.29) is 17.9 Å². The summed E-state index contributed by atoms with van der Waals surface area (Å²) in [7, 11) is 0. The van der Waals surface area contributed by atoms with Gasteiger partial charge in [0.25, 0.3) is 0 Å². The lowest BCUT2D eigenvalue weighted by molar-refractivity contribution is -0.142. The maximum absolute atomic E-state index is 9.88. The Morgan fingerprint density at radius 1 is 1.00 bits per heavy atom. The highest BCUT2D eigenvalue weighted by Crippen LogP contribution is 2.13. The van der Waals surface area contributed by atoms with E-state index < -0.39 is 22.8 Å². The van der Waals surface area contributed by atoms with Crippen molar-refractivity contribution in [2.45, 2.75) is 10.9 Å². The highest BCUT2D eigenvalue weighted by molar-refractivity contribution is 8.01. The van der Waals surface area contributed by atoms with Crippen molar-refractivity contribution in [2.75, 3.05) is 0 Å². The Morgan fingerprint density at radius 3 is 1.42 bits per heavy atom. The quantitative estimate of drug-likeness (QED) is 0.350. The lowest BCUT2D eigenvalue weighted by Crippen LogP contribution is -2.24. The van der Waals surface area contributed by atoms with Crippen LogP contribution in [-0.2, 0) is 9.59 Å². The molecular weight excluding hydrogens is 190 g/mol. The molecule has 0 aromatic rings. The summed E-state index contributed by atoms with van der Waals surface area (Å²) in [6, 6.07) is 0. The van der Waals surface area contributed by atoms with Gasteiger partial charge in [0.05, 0.1) is 0 Å². The van der Waals surface area contributed by atoms with Gasteiger partial charge in [-0.25, -0.2) is 9.59 Å². The molecule has 0 aromatic carbocycles. The first-order valence-electron chi connectivity index (χ1n) is 2.42. The lowest BCUT2D eigenvalue weighted by Gasteiger charge is -2.06. The van der Waals surface area contributed by atoms with Crippen molar-refractivity contribution >= 4 is 23.7 Å². The minimum Gasteiger partial charge on any atom is -0.479 e. The minimum atomic E-state index is -1.92. The van der Waals surface area contributed by atoms with Crippen LogP contribution < -0.4 is 6.15 Å². The van der Waals surface area contributed by atoms with E-state index in [9.17, 15) is 9.59 Å². The van der Waals surface area contributed by atoms with Crippen LogP contribution in [0.15, 0.2) is 0 Å². The number of carbonyl (C=O) groups is 2. The second-order valence-corrected chi connectivity index (χ2v) is 2.68. The van der Waals surface area contributed by atoms with Gasteiger partial charge in [-0.2, -0.15) is 0 Å². The van der Waals surface area contributed by atoms with Gasteiger partial charge in [-0.1, -0.05) is 11.8 Å². The van der Waals surface area contributed by atoms with Crippen molar-refractivity contribution in [3.05, 3.63) is 0 Å². The molecule has 0 radical (unpaired) electrons. The number of hydrogen-bond acceptors (Lipinski definition) is 6. The van der Waals surface area contributed by atoms with Crippen LogP contribution in [0.1, 0.15) is 0 Å². The summed E-state index contributed by atoms with van der Waals surface area (Å²) in [4.78, 5) is 19.8. The normalized spacial score (nSPS) is 14.2.